The van der Waals surface area contributed by atoms with Crippen LogP contribution in [0.1, 0.15) is 25.1 Å². The Morgan fingerprint density at radius 2 is 1.95 bits per heavy atom. The van der Waals surface area contributed by atoms with E-state index in [1.165, 1.54) is 16.9 Å². The summed E-state index contributed by atoms with van der Waals surface area (Å²) < 4.78 is 0. The number of aryl methyl sites for hydroxylation is 2. The van der Waals surface area contributed by atoms with Crippen LogP contribution >= 0.6 is 11.3 Å². The number of aromatic nitrogens is 1. The van der Waals surface area contributed by atoms with Crippen molar-refractivity contribution in [1.29, 1.82) is 0 Å². The second kappa shape index (κ2) is 7.28. The Kier molecular flexibility index (Phi) is 5.41. The second-order valence-electron chi connectivity index (χ2n) is 4.73. The zero-order chi connectivity index (χ0) is 15.2. The first-order valence-electron chi connectivity index (χ1n) is 7.09. The van der Waals surface area contributed by atoms with Crippen LogP contribution in [0.15, 0.2) is 40.0 Å². The molecule has 0 aliphatic carbocycles. The molecule has 0 fully saturated rings. The molecular weight excluding hydrogens is 282 g/mol. The highest BCUT2D eigenvalue weighted by molar-refractivity contribution is 7.13. The van der Waals surface area contributed by atoms with E-state index in [0.29, 0.717) is 5.13 Å². The first kappa shape index (κ1) is 15.6. The van der Waals surface area contributed by atoms with Gasteiger partial charge in [0.2, 0.25) is 5.13 Å². The van der Waals surface area contributed by atoms with Crippen LogP contribution in [0.3, 0.4) is 0 Å². The lowest BCUT2D eigenvalue weighted by molar-refractivity contribution is 0.273. The molecule has 21 heavy (non-hydrogen) atoms. The van der Waals surface area contributed by atoms with Gasteiger partial charge in [-0.05, 0) is 36.8 Å². The molecule has 0 unspecified atom stereocenters. The number of hydrogen-bond acceptors (Lipinski definition) is 5. The highest BCUT2D eigenvalue weighted by atomic mass is 32.1. The Morgan fingerprint density at radius 3 is 2.52 bits per heavy atom. The van der Waals surface area contributed by atoms with Crippen molar-refractivity contribution in [2.75, 3.05) is 18.2 Å². The van der Waals surface area contributed by atoms with Crippen molar-refractivity contribution in [1.82, 2.24) is 9.99 Å². The molecule has 6 heteroatoms. The van der Waals surface area contributed by atoms with Crippen molar-refractivity contribution in [3.05, 3.63) is 40.9 Å². The molecule has 2 rings (SSSR count). The van der Waals surface area contributed by atoms with Crippen LogP contribution in [-0.4, -0.2) is 23.1 Å². The summed E-state index contributed by atoms with van der Waals surface area (Å²) in [6, 6.07) is 8.25. The molecule has 1 aromatic carbocycles. The van der Waals surface area contributed by atoms with E-state index in [0.717, 1.165) is 24.5 Å². The molecule has 0 aliphatic heterocycles. The van der Waals surface area contributed by atoms with E-state index in [1.807, 2.05) is 29.6 Å². The Bertz CT molecular complexity index is 604. The van der Waals surface area contributed by atoms with E-state index in [4.69, 9.17) is 0 Å². The van der Waals surface area contributed by atoms with E-state index < -0.39 is 0 Å². The molecule has 0 bridgehead atoms. The summed E-state index contributed by atoms with van der Waals surface area (Å²) >= 11 is 1.50. The lowest BCUT2D eigenvalue weighted by Crippen LogP contribution is -2.38. The highest BCUT2D eigenvalue weighted by Gasteiger charge is 2.13. The van der Waals surface area contributed by atoms with Crippen LogP contribution in [0.2, 0.25) is 0 Å². The van der Waals surface area contributed by atoms with Gasteiger partial charge in [0.05, 0.1) is 11.4 Å². The van der Waals surface area contributed by atoms with Crippen LogP contribution in [0, 0.1) is 13.8 Å². The van der Waals surface area contributed by atoms with Crippen molar-refractivity contribution in [2.45, 2.75) is 27.7 Å². The average Bonchev–Trinajstić information content (AvgIpc) is 2.89. The van der Waals surface area contributed by atoms with Gasteiger partial charge >= 0.3 is 0 Å². The van der Waals surface area contributed by atoms with Gasteiger partial charge in [0.25, 0.3) is 0 Å². The van der Waals surface area contributed by atoms with Crippen molar-refractivity contribution in [3.8, 4) is 0 Å². The van der Waals surface area contributed by atoms with Crippen molar-refractivity contribution < 1.29 is 0 Å². The first-order chi connectivity index (χ1) is 10.1. The number of rotatable bonds is 6. The molecule has 0 saturated carbocycles. The van der Waals surface area contributed by atoms with Gasteiger partial charge in [-0.25, -0.2) is 4.98 Å². The van der Waals surface area contributed by atoms with Gasteiger partial charge in [0.1, 0.15) is 0 Å². The van der Waals surface area contributed by atoms with Crippen LogP contribution in [-0.2, 0) is 0 Å². The molecule has 2 aromatic rings. The summed E-state index contributed by atoms with van der Waals surface area (Å²) in [4.78, 5) is 4.32. The van der Waals surface area contributed by atoms with Crippen LogP contribution in [0.4, 0.5) is 10.8 Å². The normalized spacial score (nSPS) is 11.5. The lowest BCUT2D eigenvalue weighted by atomic mass is 10.2. The molecule has 5 nitrogen and oxygen atoms in total. The lowest BCUT2D eigenvalue weighted by Gasteiger charge is -2.29. The summed E-state index contributed by atoms with van der Waals surface area (Å²) in [5, 5.41) is 15.3. The number of thiazole rings is 1. The number of anilines is 1. The third kappa shape index (κ3) is 4.09. The minimum atomic E-state index is 0.678. The van der Waals surface area contributed by atoms with Gasteiger partial charge in [-0.3, -0.25) is 0 Å². The van der Waals surface area contributed by atoms with E-state index >= 15 is 0 Å². The van der Waals surface area contributed by atoms with Gasteiger partial charge in [-0.15, -0.1) is 11.3 Å². The average molecular weight is 303 g/mol. The second-order valence-corrected chi connectivity index (χ2v) is 5.56. The summed E-state index contributed by atoms with van der Waals surface area (Å²) in [5.74, 6) is 0. The molecule has 0 radical (unpaired) electrons. The zero-order valence-corrected chi connectivity index (χ0v) is 13.8. The van der Waals surface area contributed by atoms with Crippen molar-refractivity contribution >= 4 is 22.2 Å². The number of hydrazine groups is 1. The van der Waals surface area contributed by atoms with Crippen molar-refractivity contribution in [3.63, 3.8) is 0 Å². The molecule has 1 heterocycles. The van der Waals surface area contributed by atoms with E-state index in [9.17, 15) is 0 Å². The minimum absolute atomic E-state index is 0.678. The minimum Gasteiger partial charge on any atom is -0.222 e. The number of benzene rings is 1. The monoisotopic (exact) mass is 303 g/mol. The van der Waals surface area contributed by atoms with Crippen molar-refractivity contribution in [2.24, 2.45) is 10.3 Å². The largest absolute Gasteiger partial charge is 0.231 e. The summed E-state index contributed by atoms with van der Waals surface area (Å²) in [7, 11) is 0. The predicted molar refractivity (Wildman–Crippen MR) is 87.9 cm³/mol. The first-order valence-corrected chi connectivity index (χ1v) is 7.97. The summed E-state index contributed by atoms with van der Waals surface area (Å²) in [6.07, 6.45) is 0. The Balaban J connectivity index is 2.30. The standard InChI is InChI=1S/C15H21N5S/c1-5-19(6-2)20(14-9-7-8-12(3)10-14)18-17-15-16-13(4)11-21-15/h7-11H,5-6H2,1-4H3. The molecule has 0 N–H and O–H groups in total. The van der Waals surface area contributed by atoms with Crippen LogP contribution < -0.4 is 5.12 Å². The Labute approximate surface area is 129 Å². The van der Waals surface area contributed by atoms with Gasteiger partial charge in [-0.2, -0.15) is 10.1 Å². The maximum absolute atomic E-state index is 4.39. The summed E-state index contributed by atoms with van der Waals surface area (Å²) in [5.41, 5.74) is 3.18. The van der Waals surface area contributed by atoms with Gasteiger partial charge in [0.15, 0.2) is 0 Å². The molecule has 0 spiro atoms. The molecule has 0 aliphatic rings. The molecule has 0 saturated heterocycles. The third-order valence-electron chi connectivity index (χ3n) is 3.05. The maximum atomic E-state index is 4.39. The van der Waals surface area contributed by atoms with Gasteiger partial charge < -0.3 is 0 Å². The van der Waals surface area contributed by atoms with Crippen LogP contribution in [0.25, 0.3) is 0 Å². The van der Waals surface area contributed by atoms with Gasteiger partial charge in [-0.1, -0.05) is 31.1 Å². The molecule has 0 amide bonds. The fourth-order valence-corrected chi connectivity index (χ4v) is 2.59. The Hall–Kier alpha value is -1.79. The summed E-state index contributed by atoms with van der Waals surface area (Å²) in [6.45, 7) is 9.97. The molecule has 1 aromatic heterocycles. The van der Waals surface area contributed by atoms with Gasteiger partial charge in [0, 0.05) is 18.5 Å². The quantitative estimate of drug-likeness (QED) is 0.582. The highest BCUT2D eigenvalue weighted by Crippen LogP contribution is 2.23. The van der Waals surface area contributed by atoms with E-state index in [1.54, 1.807) is 0 Å². The van der Waals surface area contributed by atoms with E-state index in [2.05, 4.69) is 53.2 Å². The maximum Gasteiger partial charge on any atom is 0.231 e. The fourth-order valence-electron chi connectivity index (χ4n) is 1.98. The molecule has 112 valence electrons. The molecular formula is C15H21N5S. The third-order valence-corrected chi connectivity index (χ3v) is 3.90. The fraction of sp³-hybridized carbons (Fsp3) is 0.400. The predicted octanol–water partition coefficient (Wildman–Crippen LogP) is 4.52. The Morgan fingerprint density at radius 1 is 1.19 bits per heavy atom. The topological polar surface area (TPSA) is 44.1 Å². The van der Waals surface area contributed by atoms with Crippen LogP contribution in [0.5, 0.6) is 0 Å². The van der Waals surface area contributed by atoms with E-state index in [-0.39, 0.29) is 0 Å². The SMILES string of the molecule is CCN(CC)N(N=Nc1nc(C)cs1)c1cccc(C)c1. The number of nitrogens with zero attached hydrogens (tertiary/aromatic N) is 5. The zero-order valence-electron chi connectivity index (χ0n) is 12.9. The number of hydrogen-bond donors (Lipinski definition) is 0. The smallest absolute Gasteiger partial charge is 0.222 e. The molecule has 0 atom stereocenters.